The number of nitrogens with one attached hydrogen (secondary N) is 2. The van der Waals surface area contributed by atoms with E-state index in [2.05, 4.69) is 20.6 Å². The number of phenols is 1. The molecule has 6 nitrogen and oxygen atoms in total. The molecule has 1 amide bonds. The molecule has 1 aliphatic rings. The summed E-state index contributed by atoms with van der Waals surface area (Å²) < 4.78 is 0. The third-order valence-corrected chi connectivity index (χ3v) is 4.57. The summed E-state index contributed by atoms with van der Waals surface area (Å²) in [6.45, 7) is 0.618. The topological polar surface area (TPSA) is 87.1 Å². The van der Waals surface area contributed by atoms with Crippen LogP contribution in [0.4, 0.5) is 11.6 Å². The van der Waals surface area contributed by atoms with Crippen LogP contribution in [0.2, 0.25) is 5.02 Å². The molecule has 3 aromatic rings. The second-order valence-corrected chi connectivity index (χ2v) is 6.77. The number of nitrogens with zero attached hydrogens (tertiary/aromatic N) is 2. The largest absolute Gasteiger partial charge is 0.508 e. The Kier molecular flexibility index (Phi) is 4.64. The van der Waals surface area contributed by atoms with E-state index in [0.29, 0.717) is 23.2 Å². The van der Waals surface area contributed by atoms with Crippen molar-refractivity contribution in [3.63, 3.8) is 0 Å². The predicted molar refractivity (Wildman–Crippen MR) is 105 cm³/mol. The second-order valence-electron chi connectivity index (χ2n) is 6.33. The first-order valence-electron chi connectivity index (χ1n) is 8.56. The minimum absolute atomic E-state index is 0.120. The molecule has 4 rings (SSSR count). The fourth-order valence-electron chi connectivity index (χ4n) is 3.08. The minimum Gasteiger partial charge on any atom is -0.508 e. The maximum absolute atomic E-state index is 12.1. The van der Waals surface area contributed by atoms with Crippen LogP contribution in [-0.4, -0.2) is 27.5 Å². The van der Waals surface area contributed by atoms with Gasteiger partial charge < -0.3 is 15.7 Å². The van der Waals surface area contributed by atoms with Crippen molar-refractivity contribution in [2.24, 2.45) is 0 Å². The number of carbonyl (C=O) groups is 1. The Hall–Kier alpha value is -3.12. The van der Waals surface area contributed by atoms with Gasteiger partial charge in [0.05, 0.1) is 17.8 Å². The van der Waals surface area contributed by atoms with Crippen molar-refractivity contribution < 1.29 is 9.90 Å². The van der Waals surface area contributed by atoms with Crippen molar-refractivity contribution in [2.75, 3.05) is 17.2 Å². The molecule has 2 aromatic carbocycles. The van der Waals surface area contributed by atoms with Gasteiger partial charge in [-0.25, -0.2) is 9.97 Å². The Morgan fingerprint density at radius 2 is 2.11 bits per heavy atom. The van der Waals surface area contributed by atoms with Crippen molar-refractivity contribution in [3.05, 3.63) is 64.8 Å². The number of hydrogen-bond donors (Lipinski definition) is 3. The van der Waals surface area contributed by atoms with Crippen molar-refractivity contribution in [1.29, 1.82) is 0 Å². The first-order chi connectivity index (χ1) is 13.1. The number of anilines is 2. The number of benzene rings is 2. The number of phenolic OH excluding ortho intramolecular Hbond substituents is 1. The Morgan fingerprint density at radius 3 is 2.96 bits per heavy atom. The van der Waals surface area contributed by atoms with Gasteiger partial charge in [-0.1, -0.05) is 23.7 Å². The molecule has 0 saturated heterocycles. The molecular weight excluding hydrogens is 364 g/mol. The number of halogens is 1. The standard InChI is InChI=1S/C20H17ClN4O2/c21-14-4-5-16-17(10-14)24-18(27)9-13-11-23-20(25-19(13)16)22-7-6-12-2-1-3-15(26)8-12/h1-5,8,10-11,26H,6-7,9H2,(H,24,27)(H,22,23,25). The maximum atomic E-state index is 12.1. The van der Waals surface area contributed by atoms with E-state index in [1.165, 1.54) is 0 Å². The minimum atomic E-state index is -0.120. The number of fused-ring (bicyclic) bond motifs is 3. The van der Waals surface area contributed by atoms with Crippen molar-refractivity contribution in [3.8, 4) is 17.0 Å². The van der Waals surface area contributed by atoms with E-state index in [-0.39, 0.29) is 18.1 Å². The summed E-state index contributed by atoms with van der Waals surface area (Å²) in [5.41, 5.74) is 3.98. The Labute approximate surface area is 161 Å². The Morgan fingerprint density at radius 1 is 1.22 bits per heavy atom. The van der Waals surface area contributed by atoms with Crippen LogP contribution in [0.25, 0.3) is 11.3 Å². The highest BCUT2D eigenvalue weighted by molar-refractivity contribution is 6.31. The van der Waals surface area contributed by atoms with Gasteiger partial charge in [0.15, 0.2) is 0 Å². The van der Waals surface area contributed by atoms with Gasteiger partial charge >= 0.3 is 0 Å². The van der Waals surface area contributed by atoms with Crippen molar-refractivity contribution in [1.82, 2.24) is 9.97 Å². The van der Waals surface area contributed by atoms with Gasteiger partial charge in [-0.15, -0.1) is 0 Å². The van der Waals surface area contributed by atoms with Crippen LogP contribution in [0.15, 0.2) is 48.7 Å². The lowest BCUT2D eigenvalue weighted by Gasteiger charge is -2.11. The van der Waals surface area contributed by atoms with Gasteiger partial charge in [0.25, 0.3) is 0 Å². The Bertz CT molecular complexity index is 1020. The summed E-state index contributed by atoms with van der Waals surface area (Å²) >= 11 is 6.06. The first-order valence-corrected chi connectivity index (χ1v) is 8.94. The number of aromatic hydroxyl groups is 1. The summed E-state index contributed by atoms with van der Waals surface area (Å²) in [6, 6.07) is 12.5. The van der Waals surface area contributed by atoms with E-state index in [4.69, 9.17) is 11.6 Å². The molecule has 0 atom stereocenters. The number of aromatic nitrogens is 2. The van der Waals surface area contributed by atoms with Gasteiger partial charge in [-0.3, -0.25) is 4.79 Å². The van der Waals surface area contributed by atoms with E-state index in [0.717, 1.165) is 28.8 Å². The summed E-state index contributed by atoms with van der Waals surface area (Å²) in [5.74, 6) is 0.621. The SMILES string of the molecule is O=C1Cc2cnc(NCCc3cccc(O)c3)nc2-c2ccc(Cl)cc2N1. The van der Waals surface area contributed by atoms with Crippen LogP contribution in [0, 0.1) is 0 Å². The third kappa shape index (κ3) is 3.85. The quantitative estimate of drug-likeness (QED) is 0.643. The zero-order chi connectivity index (χ0) is 18.8. The number of rotatable bonds is 4. The van der Waals surface area contributed by atoms with Crippen LogP contribution in [0.5, 0.6) is 5.75 Å². The molecule has 0 fully saturated rings. The van der Waals surface area contributed by atoms with Gasteiger partial charge in [-0.05, 0) is 42.3 Å². The fourth-order valence-corrected chi connectivity index (χ4v) is 3.25. The van der Waals surface area contributed by atoms with Gasteiger partial charge in [-0.2, -0.15) is 0 Å². The van der Waals surface area contributed by atoms with Crippen LogP contribution in [0.3, 0.4) is 0 Å². The zero-order valence-electron chi connectivity index (χ0n) is 14.4. The predicted octanol–water partition coefficient (Wildman–Crippen LogP) is 3.65. The molecular formula is C20H17ClN4O2. The molecule has 7 heteroatoms. The number of carbonyl (C=O) groups excluding carboxylic acids is 1. The summed E-state index contributed by atoms with van der Waals surface area (Å²) in [7, 11) is 0. The van der Waals surface area contributed by atoms with Gasteiger partial charge in [0.2, 0.25) is 11.9 Å². The zero-order valence-corrected chi connectivity index (χ0v) is 15.1. The molecule has 1 aliphatic heterocycles. The average Bonchev–Trinajstić information content (AvgIpc) is 2.76. The van der Waals surface area contributed by atoms with Crippen molar-refractivity contribution >= 4 is 29.1 Å². The highest BCUT2D eigenvalue weighted by atomic mass is 35.5. The van der Waals surface area contributed by atoms with Gasteiger partial charge in [0.1, 0.15) is 5.75 Å². The lowest BCUT2D eigenvalue weighted by molar-refractivity contribution is -0.115. The van der Waals surface area contributed by atoms with Crippen LogP contribution >= 0.6 is 11.6 Å². The van der Waals surface area contributed by atoms with E-state index in [9.17, 15) is 9.90 Å². The van der Waals surface area contributed by atoms with Crippen molar-refractivity contribution in [2.45, 2.75) is 12.8 Å². The van der Waals surface area contributed by atoms with Crippen LogP contribution in [-0.2, 0) is 17.6 Å². The third-order valence-electron chi connectivity index (χ3n) is 4.33. The van der Waals surface area contributed by atoms with E-state index >= 15 is 0 Å². The Balaban J connectivity index is 1.57. The molecule has 0 aliphatic carbocycles. The molecule has 1 aromatic heterocycles. The second kappa shape index (κ2) is 7.25. The highest BCUT2D eigenvalue weighted by Gasteiger charge is 2.21. The van der Waals surface area contributed by atoms with E-state index in [1.54, 1.807) is 30.5 Å². The molecule has 27 heavy (non-hydrogen) atoms. The maximum Gasteiger partial charge on any atom is 0.228 e. The summed E-state index contributed by atoms with van der Waals surface area (Å²) in [5, 5.41) is 16.2. The summed E-state index contributed by atoms with van der Waals surface area (Å²) in [6.07, 6.45) is 2.62. The van der Waals surface area contributed by atoms with Crippen LogP contribution < -0.4 is 10.6 Å². The fraction of sp³-hybridized carbons (Fsp3) is 0.150. The first kappa shape index (κ1) is 17.3. The lowest BCUT2D eigenvalue weighted by atomic mass is 10.1. The smallest absolute Gasteiger partial charge is 0.228 e. The molecule has 0 unspecified atom stereocenters. The highest BCUT2D eigenvalue weighted by Crippen LogP contribution is 2.34. The molecule has 0 bridgehead atoms. The normalized spacial score (nSPS) is 12.6. The number of amides is 1. The van der Waals surface area contributed by atoms with E-state index < -0.39 is 0 Å². The van der Waals surface area contributed by atoms with E-state index in [1.807, 2.05) is 18.2 Å². The molecule has 0 radical (unpaired) electrons. The molecule has 0 spiro atoms. The molecule has 3 N–H and O–H groups in total. The average molecular weight is 381 g/mol. The van der Waals surface area contributed by atoms with Gasteiger partial charge in [0, 0.05) is 28.9 Å². The molecule has 136 valence electrons. The van der Waals surface area contributed by atoms with Crippen LogP contribution in [0.1, 0.15) is 11.1 Å². The molecule has 0 saturated carbocycles. The molecule has 2 heterocycles. The summed E-state index contributed by atoms with van der Waals surface area (Å²) in [4.78, 5) is 21.1. The monoisotopic (exact) mass is 380 g/mol. The number of hydrogen-bond acceptors (Lipinski definition) is 5. The lowest BCUT2D eigenvalue weighted by Crippen LogP contribution is -2.13.